The summed E-state index contributed by atoms with van der Waals surface area (Å²) in [6.07, 6.45) is 0. The largest absolute Gasteiger partial charge is 0.510 e. The quantitative estimate of drug-likeness (QED) is 0.653. The third kappa shape index (κ3) is 3.07. The lowest BCUT2D eigenvalue weighted by Gasteiger charge is -2.21. The molecule has 1 aliphatic rings. The first-order valence-electron chi connectivity index (χ1n) is 8.12. The van der Waals surface area contributed by atoms with Gasteiger partial charge in [-0.2, -0.15) is 0 Å². The summed E-state index contributed by atoms with van der Waals surface area (Å²) in [5, 5.41) is 23.8. The third-order valence-electron chi connectivity index (χ3n) is 4.27. The number of ether oxygens (including phenoxy) is 2. The molecule has 0 spiro atoms. The van der Waals surface area contributed by atoms with Gasteiger partial charge in [-0.15, -0.1) is 22.7 Å². The van der Waals surface area contributed by atoms with E-state index in [9.17, 15) is 5.11 Å². The number of amidine groups is 1. The topological polar surface area (TPSA) is 78.7 Å². The maximum absolute atomic E-state index is 10.6. The van der Waals surface area contributed by atoms with Crippen LogP contribution >= 0.6 is 22.7 Å². The highest BCUT2D eigenvalue weighted by Crippen LogP contribution is 2.39. The van der Waals surface area contributed by atoms with E-state index >= 15 is 0 Å². The minimum absolute atomic E-state index is 0.122. The number of benzene rings is 1. The van der Waals surface area contributed by atoms with E-state index in [0.29, 0.717) is 27.8 Å². The molecule has 1 aromatic carbocycles. The number of aromatic nitrogens is 1. The Bertz CT molecular complexity index is 1020. The molecule has 1 aliphatic heterocycles. The van der Waals surface area contributed by atoms with Crippen molar-refractivity contribution in [3.8, 4) is 22.1 Å². The van der Waals surface area contributed by atoms with E-state index in [1.54, 1.807) is 48.7 Å². The van der Waals surface area contributed by atoms with Crippen LogP contribution in [-0.4, -0.2) is 36.7 Å². The van der Waals surface area contributed by atoms with Crippen LogP contribution in [0.1, 0.15) is 5.01 Å². The van der Waals surface area contributed by atoms with E-state index in [-0.39, 0.29) is 18.1 Å². The van der Waals surface area contributed by atoms with Gasteiger partial charge in [0.05, 0.1) is 42.6 Å². The smallest absolute Gasteiger partial charge is 0.142 e. The second-order valence-electron chi connectivity index (χ2n) is 5.81. The van der Waals surface area contributed by atoms with E-state index in [4.69, 9.17) is 14.9 Å². The molecule has 0 atom stereocenters. The first-order chi connectivity index (χ1) is 13.1. The Morgan fingerprint density at radius 2 is 2.04 bits per heavy atom. The molecule has 2 N–H and O–H groups in total. The van der Waals surface area contributed by atoms with E-state index in [1.807, 2.05) is 22.9 Å². The van der Waals surface area contributed by atoms with Gasteiger partial charge in [-0.3, -0.25) is 5.41 Å². The van der Waals surface area contributed by atoms with Crippen molar-refractivity contribution in [3.63, 3.8) is 0 Å². The molecule has 0 saturated heterocycles. The maximum atomic E-state index is 10.6. The van der Waals surface area contributed by atoms with E-state index in [1.165, 1.54) is 11.3 Å². The average molecular weight is 399 g/mol. The number of hydrogen-bond acceptors (Lipinski definition) is 7. The van der Waals surface area contributed by atoms with Gasteiger partial charge < -0.3 is 19.5 Å². The molecule has 0 fully saturated rings. The summed E-state index contributed by atoms with van der Waals surface area (Å²) in [5.41, 5.74) is 1.97. The first-order valence-corrected chi connectivity index (χ1v) is 9.88. The van der Waals surface area contributed by atoms with Crippen LogP contribution in [0.4, 0.5) is 5.69 Å². The van der Waals surface area contributed by atoms with Crippen LogP contribution in [0.25, 0.3) is 16.1 Å². The van der Waals surface area contributed by atoms with Crippen LogP contribution in [0.5, 0.6) is 11.5 Å². The highest BCUT2D eigenvalue weighted by Gasteiger charge is 2.33. The van der Waals surface area contributed by atoms with E-state index in [2.05, 4.69) is 4.98 Å². The van der Waals surface area contributed by atoms with Crippen molar-refractivity contribution >= 4 is 39.8 Å². The van der Waals surface area contributed by atoms with Gasteiger partial charge in [0.1, 0.15) is 28.1 Å². The zero-order valence-electron chi connectivity index (χ0n) is 14.7. The normalized spacial score (nSPS) is 14.1. The minimum Gasteiger partial charge on any atom is -0.510 e. The predicted molar refractivity (Wildman–Crippen MR) is 110 cm³/mol. The molecule has 27 heavy (non-hydrogen) atoms. The molecule has 0 radical (unpaired) electrons. The van der Waals surface area contributed by atoms with Crippen molar-refractivity contribution < 1.29 is 14.6 Å². The summed E-state index contributed by atoms with van der Waals surface area (Å²) in [6.45, 7) is 0.186. The first kappa shape index (κ1) is 17.6. The lowest BCUT2D eigenvalue weighted by atomic mass is 10.2. The molecule has 0 unspecified atom stereocenters. The van der Waals surface area contributed by atoms with Crippen LogP contribution < -0.4 is 14.4 Å². The molecule has 0 bridgehead atoms. The summed E-state index contributed by atoms with van der Waals surface area (Å²) < 4.78 is 10.7. The van der Waals surface area contributed by atoms with Gasteiger partial charge in [-0.1, -0.05) is 6.07 Å². The molecular formula is C19H17N3O3S2. The number of anilines is 1. The number of rotatable bonds is 5. The van der Waals surface area contributed by atoms with Crippen LogP contribution in [0, 0.1) is 5.41 Å². The fourth-order valence-electron chi connectivity index (χ4n) is 2.94. The summed E-state index contributed by atoms with van der Waals surface area (Å²) in [7, 11) is 3.16. The van der Waals surface area contributed by atoms with Crippen molar-refractivity contribution in [1.82, 2.24) is 4.98 Å². The van der Waals surface area contributed by atoms with Crippen LogP contribution in [0.3, 0.4) is 0 Å². The molecule has 0 aliphatic carbocycles. The van der Waals surface area contributed by atoms with Gasteiger partial charge in [0.25, 0.3) is 0 Å². The molecule has 3 heterocycles. The molecule has 0 amide bonds. The molecule has 138 valence electrons. The minimum atomic E-state index is 0.122. The van der Waals surface area contributed by atoms with Gasteiger partial charge in [-0.05, 0) is 23.6 Å². The number of nitrogens with zero attached hydrogens (tertiary/aromatic N) is 2. The van der Waals surface area contributed by atoms with Gasteiger partial charge in [-0.25, -0.2) is 4.98 Å². The number of aliphatic hydroxyl groups is 1. The van der Waals surface area contributed by atoms with Crippen LogP contribution in [-0.2, 0) is 0 Å². The second-order valence-corrected chi connectivity index (χ2v) is 7.62. The zero-order chi connectivity index (χ0) is 19.0. The Balaban J connectivity index is 1.68. The van der Waals surface area contributed by atoms with E-state index < -0.39 is 0 Å². The summed E-state index contributed by atoms with van der Waals surface area (Å²) in [6, 6.07) is 9.36. The number of aliphatic hydroxyl groups excluding tert-OH is 1. The van der Waals surface area contributed by atoms with Crippen molar-refractivity contribution in [3.05, 3.63) is 51.9 Å². The fourth-order valence-corrected chi connectivity index (χ4v) is 4.59. The Morgan fingerprint density at radius 3 is 2.74 bits per heavy atom. The Hall–Kier alpha value is -2.84. The molecule has 4 rings (SSSR count). The number of methoxy groups -OCH3 is 2. The van der Waals surface area contributed by atoms with Gasteiger partial charge in [0, 0.05) is 11.4 Å². The summed E-state index contributed by atoms with van der Waals surface area (Å²) in [5.74, 6) is 1.57. The Morgan fingerprint density at radius 1 is 1.19 bits per heavy atom. The monoisotopic (exact) mass is 399 g/mol. The van der Waals surface area contributed by atoms with Gasteiger partial charge in [0.15, 0.2) is 0 Å². The SMILES string of the molecule is COc1ccc(OC)c(N2CC(O)=C(c3nc(-c4cccs4)cs3)C2=N)c1. The molecule has 0 saturated carbocycles. The third-order valence-corrected chi connectivity index (χ3v) is 6.02. The van der Waals surface area contributed by atoms with Crippen LogP contribution in [0.15, 0.2) is 46.9 Å². The molecule has 8 heteroatoms. The van der Waals surface area contributed by atoms with Crippen molar-refractivity contribution in [2.75, 3.05) is 25.7 Å². The molecule has 3 aromatic rings. The molecule has 2 aromatic heterocycles. The summed E-state index contributed by atoms with van der Waals surface area (Å²) in [4.78, 5) is 7.38. The van der Waals surface area contributed by atoms with Crippen molar-refractivity contribution in [2.45, 2.75) is 0 Å². The number of thiazole rings is 1. The second kappa shape index (κ2) is 7.05. The highest BCUT2D eigenvalue weighted by atomic mass is 32.1. The lowest BCUT2D eigenvalue weighted by molar-refractivity contribution is 0.400. The zero-order valence-corrected chi connectivity index (χ0v) is 16.4. The fraction of sp³-hybridized carbons (Fsp3) is 0.158. The van der Waals surface area contributed by atoms with Crippen LogP contribution in [0.2, 0.25) is 0 Å². The highest BCUT2D eigenvalue weighted by molar-refractivity contribution is 7.14. The van der Waals surface area contributed by atoms with E-state index in [0.717, 1.165) is 10.6 Å². The molecular weight excluding hydrogens is 382 g/mol. The summed E-state index contributed by atoms with van der Waals surface area (Å²) >= 11 is 3.03. The van der Waals surface area contributed by atoms with Crippen molar-refractivity contribution in [2.24, 2.45) is 0 Å². The predicted octanol–water partition coefficient (Wildman–Crippen LogP) is 4.66. The van der Waals surface area contributed by atoms with Gasteiger partial charge in [0.2, 0.25) is 0 Å². The number of nitrogens with one attached hydrogen (secondary N) is 1. The average Bonchev–Trinajstić information content (AvgIpc) is 3.41. The molecule has 6 nitrogen and oxygen atoms in total. The van der Waals surface area contributed by atoms with Gasteiger partial charge >= 0.3 is 0 Å². The Labute approximate surface area is 164 Å². The maximum Gasteiger partial charge on any atom is 0.142 e. The van der Waals surface area contributed by atoms with Crippen molar-refractivity contribution in [1.29, 1.82) is 5.41 Å². The number of hydrogen-bond donors (Lipinski definition) is 2. The Kier molecular flexibility index (Phi) is 4.59. The number of thiophene rings is 1. The lowest BCUT2D eigenvalue weighted by Crippen LogP contribution is -2.26. The standard InChI is InChI=1S/C19H17N3O3S2/c1-24-11-5-6-15(25-2)13(8-11)22-9-14(23)17(18(22)20)19-21-12(10-27-19)16-4-3-7-26-16/h3-8,10,20,23H,9H2,1-2H3.